The SMILES string of the molecule is CCOC(=O)CC(C)(C(N=C(c1ccccc1)c1ccccc1NC(=O)C1CCCN1Cc1ccccc1)C(=O)O)C(F)(F)F. The van der Waals surface area contributed by atoms with Crippen molar-refractivity contribution in [3.05, 3.63) is 102 Å². The third-order valence-corrected chi connectivity index (χ3v) is 7.94. The number of aliphatic imine (C=N–C) groups is 1. The lowest BCUT2D eigenvalue weighted by Crippen LogP contribution is -2.50. The van der Waals surface area contributed by atoms with Crippen LogP contribution < -0.4 is 5.32 Å². The van der Waals surface area contributed by atoms with E-state index in [0.717, 1.165) is 18.5 Å². The fourth-order valence-electron chi connectivity index (χ4n) is 5.50. The number of carbonyl (C=O) groups is 3. The first kappa shape index (κ1) is 33.4. The summed E-state index contributed by atoms with van der Waals surface area (Å²) in [4.78, 5) is 44.8. The predicted octanol–water partition coefficient (Wildman–Crippen LogP) is 6.10. The lowest BCUT2D eigenvalue weighted by atomic mass is 9.78. The minimum atomic E-state index is -5.13. The van der Waals surface area contributed by atoms with E-state index < -0.39 is 42.0 Å². The second kappa shape index (κ2) is 14.5. The number of carboxylic acid groups (broad SMARTS) is 1. The highest BCUT2D eigenvalue weighted by atomic mass is 19.4. The number of alkyl halides is 3. The summed E-state index contributed by atoms with van der Waals surface area (Å²) in [5.41, 5.74) is -1.29. The molecule has 1 saturated heterocycles. The molecule has 3 atom stereocenters. The van der Waals surface area contributed by atoms with Gasteiger partial charge in [-0.05, 0) is 44.9 Å². The fraction of sp³-hybridized carbons (Fsp3) is 0.353. The van der Waals surface area contributed by atoms with Gasteiger partial charge in [-0.15, -0.1) is 0 Å². The molecule has 1 heterocycles. The molecule has 1 aliphatic rings. The largest absolute Gasteiger partial charge is 0.480 e. The number of likely N-dealkylation sites (tertiary alicyclic amines) is 1. The number of anilines is 1. The van der Waals surface area contributed by atoms with E-state index in [1.807, 2.05) is 30.3 Å². The number of carboxylic acids is 1. The van der Waals surface area contributed by atoms with Crippen LogP contribution in [0.5, 0.6) is 0 Å². The number of ether oxygens (including phenoxy) is 1. The molecule has 3 aromatic rings. The fourth-order valence-corrected chi connectivity index (χ4v) is 5.50. The standard InChI is InChI=1S/C34H36F3N3O5/c1-3-45-28(41)21-33(2,34(35,36)37)30(32(43)44)39-29(24-15-8-5-9-16-24)25-17-10-11-18-26(25)38-31(42)27-19-12-20-40(27)22-23-13-6-4-7-14-23/h4-11,13-18,27,30H,3,12,19-22H2,1-2H3,(H,38,42)(H,43,44). The number of hydrogen-bond donors (Lipinski definition) is 2. The number of nitrogens with one attached hydrogen (secondary N) is 1. The minimum absolute atomic E-state index is 0.0780. The zero-order chi connectivity index (χ0) is 32.6. The van der Waals surface area contributed by atoms with Gasteiger partial charge in [-0.1, -0.05) is 78.9 Å². The van der Waals surface area contributed by atoms with Crippen LogP contribution in [-0.2, 0) is 25.7 Å². The third kappa shape index (κ3) is 7.96. The van der Waals surface area contributed by atoms with Crippen LogP contribution in [0, 0.1) is 5.41 Å². The van der Waals surface area contributed by atoms with Crippen molar-refractivity contribution in [1.29, 1.82) is 0 Å². The van der Waals surface area contributed by atoms with Gasteiger partial charge in [0.15, 0.2) is 6.04 Å². The molecule has 1 aliphatic heterocycles. The molecule has 0 spiro atoms. The Kier molecular flexibility index (Phi) is 10.8. The van der Waals surface area contributed by atoms with Gasteiger partial charge in [-0.3, -0.25) is 19.5 Å². The molecular formula is C34H36F3N3O5. The summed E-state index contributed by atoms with van der Waals surface area (Å²) in [5.74, 6) is -3.35. The van der Waals surface area contributed by atoms with Crippen molar-refractivity contribution in [2.45, 2.75) is 57.9 Å². The van der Waals surface area contributed by atoms with Crippen molar-refractivity contribution >= 4 is 29.2 Å². The van der Waals surface area contributed by atoms with Crippen LogP contribution in [0.15, 0.2) is 89.9 Å². The van der Waals surface area contributed by atoms with Crippen LogP contribution in [-0.4, -0.2) is 65.0 Å². The number of halogens is 3. The van der Waals surface area contributed by atoms with Crippen molar-refractivity contribution in [2.75, 3.05) is 18.5 Å². The third-order valence-electron chi connectivity index (χ3n) is 7.94. The van der Waals surface area contributed by atoms with Crippen molar-refractivity contribution in [2.24, 2.45) is 10.4 Å². The lowest BCUT2D eigenvalue weighted by Gasteiger charge is -2.34. The van der Waals surface area contributed by atoms with Crippen LogP contribution in [0.1, 0.15) is 49.8 Å². The van der Waals surface area contributed by atoms with Gasteiger partial charge in [0, 0.05) is 17.7 Å². The van der Waals surface area contributed by atoms with E-state index in [4.69, 9.17) is 4.74 Å². The minimum Gasteiger partial charge on any atom is -0.480 e. The topological polar surface area (TPSA) is 108 Å². The zero-order valence-electron chi connectivity index (χ0n) is 25.1. The van der Waals surface area contributed by atoms with E-state index >= 15 is 0 Å². The first-order chi connectivity index (χ1) is 21.4. The Morgan fingerprint density at radius 2 is 1.62 bits per heavy atom. The van der Waals surface area contributed by atoms with Gasteiger partial charge in [-0.25, -0.2) is 4.79 Å². The van der Waals surface area contributed by atoms with Gasteiger partial charge in [-0.2, -0.15) is 13.2 Å². The Balaban J connectivity index is 1.76. The molecule has 238 valence electrons. The zero-order valence-corrected chi connectivity index (χ0v) is 25.1. The van der Waals surface area contributed by atoms with Crippen molar-refractivity contribution in [3.8, 4) is 0 Å². The molecule has 0 saturated carbocycles. The molecule has 0 aliphatic carbocycles. The maximum Gasteiger partial charge on any atom is 0.397 e. The summed E-state index contributed by atoms with van der Waals surface area (Å²) in [6.45, 7) is 3.24. The Bertz CT molecular complexity index is 1510. The number of benzene rings is 3. The van der Waals surface area contributed by atoms with E-state index in [9.17, 15) is 32.7 Å². The summed E-state index contributed by atoms with van der Waals surface area (Å²) in [6.07, 6.45) is -4.93. The molecule has 0 bridgehead atoms. The number of nitrogens with zero attached hydrogens (tertiary/aromatic N) is 2. The molecule has 8 nitrogen and oxygen atoms in total. The van der Waals surface area contributed by atoms with Crippen LogP contribution in [0.25, 0.3) is 0 Å². The molecule has 0 radical (unpaired) electrons. The molecule has 1 amide bonds. The molecule has 3 unspecified atom stereocenters. The summed E-state index contributed by atoms with van der Waals surface area (Å²) in [5, 5.41) is 13.1. The molecule has 2 N–H and O–H groups in total. The van der Waals surface area contributed by atoms with E-state index in [-0.39, 0.29) is 29.5 Å². The number of aliphatic carboxylic acids is 1. The molecule has 4 rings (SSSR count). The Morgan fingerprint density at radius 3 is 2.24 bits per heavy atom. The van der Waals surface area contributed by atoms with E-state index in [1.165, 1.54) is 6.92 Å². The van der Waals surface area contributed by atoms with E-state index in [2.05, 4.69) is 15.2 Å². The van der Waals surface area contributed by atoms with Gasteiger partial charge in [0.25, 0.3) is 0 Å². The maximum atomic E-state index is 14.6. The second-order valence-electron chi connectivity index (χ2n) is 11.1. The number of hydrogen-bond acceptors (Lipinski definition) is 6. The summed E-state index contributed by atoms with van der Waals surface area (Å²) in [7, 11) is 0. The van der Waals surface area contributed by atoms with Crippen molar-refractivity contribution < 1.29 is 37.4 Å². The number of carbonyl (C=O) groups excluding carboxylic acids is 2. The summed E-state index contributed by atoms with van der Waals surface area (Å²) >= 11 is 0. The van der Waals surface area contributed by atoms with Crippen molar-refractivity contribution in [1.82, 2.24) is 4.90 Å². The molecular weight excluding hydrogens is 587 g/mol. The Hall–Kier alpha value is -4.51. The number of rotatable bonds is 12. The van der Waals surface area contributed by atoms with Crippen LogP contribution >= 0.6 is 0 Å². The first-order valence-electron chi connectivity index (χ1n) is 14.7. The molecule has 11 heteroatoms. The number of amides is 1. The number of esters is 1. The maximum absolute atomic E-state index is 14.6. The van der Waals surface area contributed by atoms with Crippen LogP contribution in [0.4, 0.5) is 18.9 Å². The average molecular weight is 624 g/mol. The lowest BCUT2D eigenvalue weighted by molar-refractivity contribution is -0.231. The summed E-state index contributed by atoms with van der Waals surface area (Å²) in [6, 6.07) is 21.5. The highest BCUT2D eigenvalue weighted by molar-refractivity contribution is 6.17. The monoisotopic (exact) mass is 623 g/mol. The van der Waals surface area contributed by atoms with Gasteiger partial charge in [0.05, 0.1) is 30.5 Å². The van der Waals surface area contributed by atoms with Gasteiger partial charge >= 0.3 is 18.1 Å². The first-order valence-corrected chi connectivity index (χ1v) is 14.7. The highest BCUT2D eigenvalue weighted by Crippen LogP contribution is 2.46. The molecule has 3 aromatic carbocycles. The van der Waals surface area contributed by atoms with E-state index in [1.54, 1.807) is 54.6 Å². The van der Waals surface area contributed by atoms with Gasteiger partial charge in [0.2, 0.25) is 5.91 Å². The smallest absolute Gasteiger partial charge is 0.397 e. The Morgan fingerprint density at radius 1 is 1.00 bits per heavy atom. The average Bonchev–Trinajstić information content (AvgIpc) is 3.46. The van der Waals surface area contributed by atoms with Gasteiger partial charge in [0.1, 0.15) is 5.41 Å². The predicted molar refractivity (Wildman–Crippen MR) is 164 cm³/mol. The normalized spacial score (nSPS) is 17.7. The molecule has 0 aromatic heterocycles. The molecule has 45 heavy (non-hydrogen) atoms. The molecule has 1 fully saturated rings. The van der Waals surface area contributed by atoms with E-state index in [0.29, 0.717) is 25.5 Å². The number of para-hydroxylation sites is 1. The second-order valence-corrected chi connectivity index (χ2v) is 11.1. The van der Waals surface area contributed by atoms with Crippen molar-refractivity contribution in [3.63, 3.8) is 0 Å². The quantitative estimate of drug-likeness (QED) is 0.186. The van der Waals surface area contributed by atoms with Gasteiger partial charge < -0.3 is 15.2 Å². The summed E-state index contributed by atoms with van der Waals surface area (Å²) < 4.78 is 48.5. The van der Waals surface area contributed by atoms with Crippen LogP contribution in [0.2, 0.25) is 0 Å². The Labute approximate surface area is 259 Å². The van der Waals surface area contributed by atoms with Crippen LogP contribution in [0.3, 0.4) is 0 Å². The highest BCUT2D eigenvalue weighted by Gasteiger charge is 2.60.